The number of nitrogens with one attached hydrogen (secondary N) is 1. The first-order valence-corrected chi connectivity index (χ1v) is 11.5. The molecule has 184 valence electrons. The molecule has 1 fully saturated rings. The van der Waals surface area contributed by atoms with Crippen molar-refractivity contribution in [3.05, 3.63) is 93.6 Å². The van der Waals surface area contributed by atoms with Crippen LogP contribution in [0.3, 0.4) is 0 Å². The Morgan fingerprint density at radius 1 is 0.861 bits per heavy atom. The van der Waals surface area contributed by atoms with Crippen molar-refractivity contribution in [1.82, 2.24) is 5.32 Å². The second-order valence-corrected chi connectivity index (χ2v) is 8.91. The molecule has 0 spiro atoms. The van der Waals surface area contributed by atoms with Crippen LogP contribution in [0.5, 0.6) is 11.5 Å². The predicted octanol–water partition coefficient (Wildman–Crippen LogP) is 5.17. The number of ether oxygens (including phenoxy) is 2. The van der Waals surface area contributed by atoms with Gasteiger partial charge in [-0.05, 0) is 74.7 Å². The van der Waals surface area contributed by atoms with Gasteiger partial charge in [-0.25, -0.2) is 9.69 Å². The number of methoxy groups -OCH3 is 1. The minimum atomic E-state index is -0.786. The molecule has 7 heteroatoms. The number of rotatable bonds is 6. The molecule has 4 rings (SSSR count). The lowest BCUT2D eigenvalue weighted by molar-refractivity contribution is -0.122. The Bertz CT molecular complexity index is 1390. The molecule has 4 amide bonds. The van der Waals surface area contributed by atoms with E-state index in [1.807, 2.05) is 45.9 Å². The van der Waals surface area contributed by atoms with E-state index in [4.69, 9.17) is 9.47 Å². The molecular weight excluding hydrogens is 456 g/mol. The molecule has 0 aromatic heterocycles. The van der Waals surface area contributed by atoms with Crippen LogP contribution in [0.1, 0.15) is 33.4 Å². The van der Waals surface area contributed by atoms with Crippen LogP contribution in [-0.4, -0.2) is 25.0 Å². The number of hydrogen-bond donors (Lipinski definition) is 1. The molecule has 1 N–H and O–H groups in total. The van der Waals surface area contributed by atoms with Gasteiger partial charge in [0.1, 0.15) is 23.7 Å². The average molecular weight is 485 g/mol. The lowest BCUT2D eigenvalue weighted by Gasteiger charge is -2.27. The van der Waals surface area contributed by atoms with E-state index in [2.05, 4.69) is 11.4 Å². The molecule has 7 nitrogen and oxygen atoms in total. The Labute approximate surface area is 210 Å². The normalized spacial score (nSPS) is 14.8. The largest absolute Gasteiger partial charge is 0.497 e. The number of carbonyl (C=O) groups is 3. The molecule has 0 atom stereocenters. The van der Waals surface area contributed by atoms with E-state index in [1.165, 1.54) is 6.08 Å². The number of benzene rings is 3. The van der Waals surface area contributed by atoms with Gasteiger partial charge in [-0.2, -0.15) is 0 Å². The van der Waals surface area contributed by atoms with Crippen molar-refractivity contribution < 1.29 is 23.9 Å². The van der Waals surface area contributed by atoms with E-state index >= 15 is 0 Å². The lowest BCUT2D eigenvalue weighted by atomic mass is 10.0. The monoisotopic (exact) mass is 484 g/mol. The quantitative estimate of drug-likeness (QED) is 0.385. The van der Waals surface area contributed by atoms with Crippen molar-refractivity contribution in [3.8, 4) is 11.5 Å². The summed E-state index contributed by atoms with van der Waals surface area (Å²) in [7, 11) is 1.55. The number of aryl methyl sites for hydroxylation is 4. The van der Waals surface area contributed by atoms with Crippen LogP contribution in [0.25, 0.3) is 6.08 Å². The first-order valence-electron chi connectivity index (χ1n) is 11.5. The van der Waals surface area contributed by atoms with Crippen molar-refractivity contribution >= 4 is 29.6 Å². The van der Waals surface area contributed by atoms with E-state index in [0.29, 0.717) is 29.4 Å². The standard InChI is InChI=1S/C29H28N2O5/c1-17-10-18(2)12-21(11-17)16-36-26-15-24(35-5)9-7-22(26)14-25-27(32)30-29(34)31(28(25)33)23-8-6-19(3)20(4)13-23/h6-15H,16H2,1-5H3,(H,30,32,34)/b25-14+. The fraction of sp³-hybridized carbons (Fsp3) is 0.207. The number of imide groups is 2. The average Bonchev–Trinajstić information content (AvgIpc) is 2.82. The third-order valence-corrected chi connectivity index (χ3v) is 6.05. The fourth-order valence-corrected chi connectivity index (χ4v) is 4.11. The van der Waals surface area contributed by atoms with E-state index < -0.39 is 17.8 Å². The molecule has 36 heavy (non-hydrogen) atoms. The summed E-state index contributed by atoms with van der Waals surface area (Å²) < 4.78 is 11.4. The van der Waals surface area contributed by atoms with E-state index in [-0.39, 0.29) is 5.57 Å². The van der Waals surface area contributed by atoms with E-state index in [1.54, 1.807) is 37.4 Å². The molecule has 0 aliphatic carbocycles. The summed E-state index contributed by atoms with van der Waals surface area (Å²) in [5, 5.41) is 2.27. The number of anilines is 1. The van der Waals surface area contributed by atoms with Crippen LogP contribution in [0.4, 0.5) is 10.5 Å². The van der Waals surface area contributed by atoms with Crippen LogP contribution < -0.4 is 19.7 Å². The molecule has 1 saturated heterocycles. The number of barbiturate groups is 1. The molecule has 1 aliphatic heterocycles. The number of urea groups is 1. The zero-order valence-electron chi connectivity index (χ0n) is 21.0. The van der Waals surface area contributed by atoms with Gasteiger partial charge in [0.15, 0.2) is 0 Å². The third kappa shape index (κ3) is 5.15. The molecule has 3 aromatic carbocycles. The topological polar surface area (TPSA) is 84.9 Å². The van der Waals surface area contributed by atoms with Gasteiger partial charge in [-0.15, -0.1) is 0 Å². The van der Waals surface area contributed by atoms with Gasteiger partial charge >= 0.3 is 6.03 Å². The summed E-state index contributed by atoms with van der Waals surface area (Å²) in [5.41, 5.74) is 5.92. The van der Waals surface area contributed by atoms with Gasteiger partial charge in [0.25, 0.3) is 11.8 Å². The maximum atomic E-state index is 13.3. The summed E-state index contributed by atoms with van der Waals surface area (Å²) >= 11 is 0. The predicted molar refractivity (Wildman–Crippen MR) is 138 cm³/mol. The second-order valence-electron chi connectivity index (χ2n) is 8.91. The Kier molecular flexibility index (Phi) is 6.92. The summed E-state index contributed by atoms with van der Waals surface area (Å²) in [6.07, 6.45) is 1.44. The molecular formula is C29H28N2O5. The number of hydrogen-bond acceptors (Lipinski definition) is 5. The van der Waals surface area contributed by atoms with Gasteiger partial charge in [-0.1, -0.05) is 35.4 Å². The fourth-order valence-electron chi connectivity index (χ4n) is 4.11. The summed E-state index contributed by atoms with van der Waals surface area (Å²) in [4.78, 5) is 39.6. The molecule has 0 saturated carbocycles. The van der Waals surface area contributed by atoms with Gasteiger partial charge in [0, 0.05) is 11.6 Å². The molecule has 0 unspecified atom stereocenters. The minimum absolute atomic E-state index is 0.172. The van der Waals surface area contributed by atoms with Crippen LogP contribution in [0.2, 0.25) is 0 Å². The first kappa shape index (κ1) is 24.7. The Hall–Kier alpha value is -4.39. The highest BCUT2D eigenvalue weighted by molar-refractivity contribution is 6.39. The lowest BCUT2D eigenvalue weighted by Crippen LogP contribution is -2.54. The van der Waals surface area contributed by atoms with Crippen molar-refractivity contribution in [2.24, 2.45) is 0 Å². The zero-order chi connectivity index (χ0) is 26.0. The number of nitrogens with zero attached hydrogens (tertiary/aromatic N) is 1. The zero-order valence-corrected chi connectivity index (χ0v) is 21.0. The smallest absolute Gasteiger partial charge is 0.335 e. The van der Waals surface area contributed by atoms with Crippen molar-refractivity contribution in [1.29, 1.82) is 0 Å². The number of amides is 4. The molecule has 0 bridgehead atoms. The van der Waals surface area contributed by atoms with Gasteiger partial charge in [0.2, 0.25) is 0 Å². The maximum absolute atomic E-state index is 13.3. The van der Waals surface area contributed by atoms with Gasteiger partial charge in [0.05, 0.1) is 12.8 Å². The van der Waals surface area contributed by atoms with E-state index in [0.717, 1.165) is 32.7 Å². The summed E-state index contributed by atoms with van der Waals surface area (Å²) in [6.45, 7) is 8.17. The molecule has 1 heterocycles. The number of carbonyl (C=O) groups excluding carboxylic acids is 3. The first-order chi connectivity index (χ1) is 17.2. The van der Waals surface area contributed by atoms with Gasteiger partial charge < -0.3 is 9.47 Å². The van der Waals surface area contributed by atoms with Crippen LogP contribution in [0.15, 0.2) is 60.2 Å². The third-order valence-electron chi connectivity index (χ3n) is 6.05. The Morgan fingerprint density at radius 2 is 1.58 bits per heavy atom. The minimum Gasteiger partial charge on any atom is -0.497 e. The Morgan fingerprint density at radius 3 is 2.25 bits per heavy atom. The van der Waals surface area contributed by atoms with Crippen LogP contribution in [0, 0.1) is 27.7 Å². The van der Waals surface area contributed by atoms with Crippen molar-refractivity contribution in [2.75, 3.05) is 12.0 Å². The maximum Gasteiger partial charge on any atom is 0.335 e. The van der Waals surface area contributed by atoms with Crippen molar-refractivity contribution in [3.63, 3.8) is 0 Å². The molecule has 0 radical (unpaired) electrons. The second kappa shape index (κ2) is 10.1. The summed E-state index contributed by atoms with van der Waals surface area (Å²) in [6, 6.07) is 15.7. The Balaban J connectivity index is 1.70. The highest BCUT2D eigenvalue weighted by Crippen LogP contribution is 2.30. The SMILES string of the molecule is COc1ccc(/C=C2\C(=O)NC(=O)N(c3ccc(C)c(C)c3)C2=O)c(OCc2cc(C)cc(C)c2)c1. The van der Waals surface area contributed by atoms with E-state index in [9.17, 15) is 14.4 Å². The van der Waals surface area contributed by atoms with Crippen LogP contribution >= 0.6 is 0 Å². The summed E-state index contributed by atoms with van der Waals surface area (Å²) in [5.74, 6) is -0.459. The van der Waals surface area contributed by atoms with Crippen molar-refractivity contribution in [2.45, 2.75) is 34.3 Å². The highest BCUT2D eigenvalue weighted by atomic mass is 16.5. The molecule has 3 aromatic rings. The highest BCUT2D eigenvalue weighted by Gasteiger charge is 2.37. The molecule has 1 aliphatic rings. The van der Waals surface area contributed by atoms with Gasteiger partial charge in [-0.3, -0.25) is 14.9 Å². The van der Waals surface area contributed by atoms with Crippen LogP contribution in [-0.2, 0) is 16.2 Å².